The van der Waals surface area contributed by atoms with Gasteiger partial charge in [-0.2, -0.15) is 0 Å². The van der Waals surface area contributed by atoms with E-state index in [0.717, 1.165) is 67.3 Å². The van der Waals surface area contributed by atoms with E-state index in [-0.39, 0.29) is 5.41 Å². The van der Waals surface area contributed by atoms with Crippen LogP contribution in [0.2, 0.25) is 0 Å². The number of aromatic amines is 1. The van der Waals surface area contributed by atoms with Gasteiger partial charge in [0, 0.05) is 28.0 Å². The van der Waals surface area contributed by atoms with E-state index in [1.165, 1.54) is 38.9 Å². The molecule has 7 aromatic rings. The number of benzene rings is 6. The zero-order chi connectivity index (χ0) is 40.3. The second kappa shape index (κ2) is 16.5. The molecule has 0 fully saturated rings. The van der Waals surface area contributed by atoms with Gasteiger partial charge in [-0.25, -0.2) is 4.99 Å². The Balaban J connectivity index is 0.00000244. The number of rotatable bonds is 7. The highest BCUT2D eigenvalue weighted by atomic mass is 14.8. The van der Waals surface area contributed by atoms with E-state index in [9.17, 15) is 0 Å². The second-order valence-corrected chi connectivity index (χ2v) is 16.1. The van der Waals surface area contributed by atoms with Crippen LogP contribution < -0.4 is 0 Å². The SMILES string of the molecule is CC.Cc1ccc(C2=CC(c3ccc(C)cc3)=N/C2=C(/c2ccc(-c3ccc(C(C)(C)C)cc3)cc2)c2[nH]c(-c3ccc(C)cc3)cc2-c2ccc(C)cc2)cc1. The average Bonchev–Trinajstić information content (AvgIpc) is 3.86. The molecule has 0 atom stereocenters. The lowest BCUT2D eigenvalue weighted by molar-refractivity contribution is 0.590. The Kier molecular flexibility index (Phi) is 11.3. The predicted octanol–water partition coefficient (Wildman–Crippen LogP) is 14.9. The fourth-order valence-electron chi connectivity index (χ4n) is 7.33. The zero-order valence-electron chi connectivity index (χ0n) is 35.0. The lowest BCUT2D eigenvalue weighted by Gasteiger charge is -2.19. The van der Waals surface area contributed by atoms with Gasteiger partial charge < -0.3 is 4.98 Å². The molecule has 1 N–H and O–H groups in total. The maximum atomic E-state index is 5.56. The third-order valence-corrected chi connectivity index (χ3v) is 10.8. The molecule has 1 aliphatic rings. The zero-order valence-corrected chi connectivity index (χ0v) is 35.0. The van der Waals surface area contributed by atoms with Crippen molar-refractivity contribution in [2.45, 2.75) is 67.7 Å². The van der Waals surface area contributed by atoms with Crippen molar-refractivity contribution in [3.63, 3.8) is 0 Å². The van der Waals surface area contributed by atoms with E-state index in [1.807, 2.05) is 13.8 Å². The number of nitrogens with one attached hydrogen (secondary N) is 1. The van der Waals surface area contributed by atoms with E-state index in [4.69, 9.17) is 4.99 Å². The molecular weight excluding hydrogens is 689 g/mol. The van der Waals surface area contributed by atoms with Crippen molar-refractivity contribution < 1.29 is 0 Å². The monoisotopic (exact) mass is 742 g/mol. The Morgan fingerprint density at radius 3 is 1.39 bits per heavy atom. The summed E-state index contributed by atoms with van der Waals surface area (Å²) in [5.74, 6) is 0. The first-order valence-electron chi connectivity index (χ1n) is 20.3. The molecule has 0 saturated carbocycles. The lowest BCUT2D eigenvalue weighted by atomic mass is 9.86. The molecule has 1 aliphatic heterocycles. The molecule has 6 aromatic carbocycles. The fraction of sp³-hybridized carbons (Fsp3) is 0.182. The summed E-state index contributed by atoms with van der Waals surface area (Å²) < 4.78 is 0. The number of aliphatic imine (C=N–C) groups is 1. The summed E-state index contributed by atoms with van der Waals surface area (Å²) in [6.07, 6.45) is 2.27. The maximum absolute atomic E-state index is 5.56. The maximum Gasteiger partial charge on any atom is 0.0815 e. The van der Waals surface area contributed by atoms with Crippen molar-refractivity contribution in [1.82, 2.24) is 4.98 Å². The number of hydrogen-bond donors (Lipinski definition) is 1. The highest BCUT2D eigenvalue weighted by molar-refractivity contribution is 6.20. The van der Waals surface area contributed by atoms with Crippen molar-refractivity contribution in [1.29, 1.82) is 0 Å². The largest absolute Gasteiger partial charge is 0.354 e. The van der Waals surface area contributed by atoms with Crippen LogP contribution in [0.15, 0.2) is 168 Å². The van der Waals surface area contributed by atoms with Crippen molar-refractivity contribution in [2.75, 3.05) is 0 Å². The third-order valence-electron chi connectivity index (χ3n) is 10.8. The molecule has 2 heterocycles. The molecule has 0 amide bonds. The third kappa shape index (κ3) is 8.47. The van der Waals surface area contributed by atoms with Crippen molar-refractivity contribution in [3.05, 3.63) is 214 Å². The van der Waals surface area contributed by atoms with E-state index in [0.29, 0.717) is 0 Å². The van der Waals surface area contributed by atoms with E-state index >= 15 is 0 Å². The van der Waals surface area contributed by atoms with E-state index < -0.39 is 0 Å². The van der Waals surface area contributed by atoms with Gasteiger partial charge in [0.25, 0.3) is 0 Å². The topological polar surface area (TPSA) is 28.1 Å². The van der Waals surface area contributed by atoms with Crippen LogP contribution >= 0.6 is 0 Å². The Hall–Kier alpha value is -6.25. The minimum absolute atomic E-state index is 0.105. The summed E-state index contributed by atoms with van der Waals surface area (Å²) in [6.45, 7) is 19.3. The molecule has 284 valence electrons. The Labute approximate surface area is 340 Å². The Morgan fingerprint density at radius 2 is 0.895 bits per heavy atom. The van der Waals surface area contributed by atoms with Crippen molar-refractivity contribution in [2.24, 2.45) is 4.99 Å². The number of nitrogens with zero attached hydrogens (tertiary/aromatic N) is 1. The number of H-pyrrole nitrogens is 1. The normalized spacial score (nSPS) is 13.4. The van der Waals surface area contributed by atoms with Crippen molar-refractivity contribution >= 4 is 16.9 Å². The van der Waals surface area contributed by atoms with Crippen LogP contribution in [0.1, 0.15) is 84.8 Å². The minimum Gasteiger partial charge on any atom is -0.354 e. The molecule has 0 aliphatic carbocycles. The molecule has 0 unspecified atom stereocenters. The van der Waals surface area contributed by atoms with Gasteiger partial charge in [0.15, 0.2) is 0 Å². The van der Waals surface area contributed by atoms with Crippen LogP contribution in [0.5, 0.6) is 0 Å². The first kappa shape index (κ1) is 39.0. The van der Waals surface area contributed by atoms with Gasteiger partial charge in [0.2, 0.25) is 0 Å². The van der Waals surface area contributed by atoms with Gasteiger partial charge >= 0.3 is 0 Å². The summed E-state index contributed by atoms with van der Waals surface area (Å²) in [4.78, 5) is 9.52. The highest BCUT2D eigenvalue weighted by Crippen LogP contribution is 2.44. The van der Waals surface area contributed by atoms with Crippen LogP contribution in [0.3, 0.4) is 0 Å². The van der Waals surface area contributed by atoms with Gasteiger partial charge in [-0.05, 0) is 84.2 Å². The molecule has 2 heteroatoms. The number of aryl methyl sites for hydroxylation is 4. The lowest BCUT2D eigenvalue weighted by Crippen LogP contribution is -2.10. The minimum atomic E-state index is 0.105. The first-order valence-corrected chi connectivity index (χ1v) is 20.3. The Bertz CT molecular complexity index is 2560. The molecular formula is C55H54N2. The number of aromatic nitrogens is 1. The van der Waals surface area contributed by atoms with Crippen LogP contribution in [-0.2, 0) is 5.41 Å². The summed E-state index contributed by atoms with van der Waals surface area (Å²) in [7, 11) is 0. The van der Waals surface area contributed by atoms with Crippen LogP contribution in [-0.4, -0.2) is 10.7 Å². The predicted molar refractivity (Wildman–Crippen MR) is 246 cm³/mol. The van der Waals surface area contributed by atoms with Gasteiger partial charge in [-0.3, -0.25) is 0 Å². The molecule has 57 heavy (non-hydrogen) atoms. The fourth-order valence-corrected chi connectivity index (χ4v) is 7.33. The average molecular weight is 743 g/mol. The molecule has 8 rings (SSSR count). The second-order valence-electron chi connectivity index (χ2n) is 16.1. The van der Waals surface area contributed by atoms with Crippen molar-refractivity contribution in [3.8, 4) is 33.5 Å². The van der Waals surface area contributed by atoms with Gasteiger partial charge in [-0.1, -0.05) is 202 Å². The van der Waals surface area contributed by atoms with Gasteiger partial charge in [0.1, 0.15) is 0 Å². The molecule has 2 nitrogen and oxygen atoms in total. The van der Waals surface area contributed by atoms with Gasteiger partial charge in [-0.15, -0.1) is 0 Å². The number of allylic oxidation sites excluding steroid dienone is 2. The van der Waals surface area contributed by atoms with Gasteiger partial charge in [0.05, 0.1) is 17.1 Å². The summed E-state index contributed by atoms with van der Waals surface area (Å²) >= 11 is 0. The molecule has 0 spiro atoms. The van der Waals surface area contributed by atoms with Crippen LogP contribution in [0.25, 0.3) is 44.7 Å². The van der Waals surface area contributed by atoms with Crippen LogP contribution in [0.4, 0.5) is 0 Å². The quantitative estimate of drug-likeness (QED) is 0.168. The van der Waals surface area contributed by atoms with Crippen LogP contribution in [0, 0.1) is 27.7 Å². The number of hydrogen-bond acceptors (Lipinski definition) is 1. The highest BCUT2D eigenvalue weighted by Gasteiger charge is 2.27. The summed E-state index contributed by atoms with van der Waals surface area (Å²) in [5.41, 5.74) is 21.7. The standard InChI is InChI=1S/C53H48N2.C2H6/c1-34-8-16-40(17-9-34)46-32-48(42-20-12-36(3)13-21-42)54-51(46)50(44-26-24-38(25-27-44)39-28-30-45(31-29-39)53(5,6)7)52-47(41-18-10-35(2)11-19-41)33-49(55-52)43-22-14-37(4)15-23-43;1-2/h8-33,54H,1-7H3;1-2H3/b52-50-;. The molecule has 0 saturated heterocycles. The molecule has 0 radical (unpaired) electrons. The first-order chi connectivity index (χ1) is 27.5. The smallest absolute Gasteiger partial charge is 0.0815 e. The van der Waals surface area contributed by atoms with E-state index in [1.54, 1.807) is 0 Å². The summed E-state index contributed by atoms with van der Waals surface area (Å²) in [5, 5.41) is 0. The molecule has 0 bridgehead atoms. The molecule has 1 aromatic heterocycles. The Morgan fingerprint density at radius 1 is 0.474 bits per heavy atom. The van der Waals surface area contributed by atoms with E-state index in [2.05, 4.69) is 211 Å². The summed E-state index contributed by atoms with van der Waals surface area (Å²) in [6, 6.07) is 55.6.